The minimum absolute atomic E-state index is 0.115. The molecule has 0 aliphatic carbocycles. The molecule has 1 aliphatic heterocycles. The van der Waals surface area contributed by atoms with Crippen molar-refractivity contribution < 1.29 is 14.3 Å². The van der Waals surface area contributed by atoms with Crippen LogP contribution in [0.3, 0.4) is 0 Å². The molecule has 1 aromatic carbocycles. The average molecular weight is 377 g/mol. The van der Waals surface area contributed by atoms with Crippen molar-refractivity contribution in [2.75, 3.05) is 31.6 Å². The first-order chi connectivity index (χ1) is 13.0. The molecular weight excluding hydrogens is 340 g/mol. The minimum Gasteiger partial charge on any atom is -0.494 e. The van der Waals surface area contributed by atoms with Crippen LogP contribution >= 0.6 is 0 Å². The van der Waals surface area contributed by atoms with Gasteiger partial charge in [-0.05, 0) is 77.3 Å². The van der Waals surface area contributed by atoms with Gasteiger partial charge in [-0.3, -0.25) is 4.79 Å². The summed E-state index contributed by atoms with van der Waals surface area (Å²) in [5, 5.41) is 2.93. The molecule has 1 aromatic rings. The average Bonchev–Trinajstić information content (AvgIpc) is 2.67. The van der Waals surface area contributed by atoms with Crippen molar-refractivity contribution in [2.45, 2.75) is 71.4 Å². The Bertz CT molecular complexity index is 575. The van der Waals surface area contributed by atoms with E-state index in [4.69, 9.17) is 9.47 Å². The molecule has 5 nitrogen and oxygen atoms in total. The monoisotopic (exact) mass is 376 g/mol. The highest BCUT2D eigenvalue weighted by Gasteiger charge is 2.31. The predicted molar refractivity (Wildman–Crippen MR) is 110 cm³/mol. The normalized spacial score (nSPS) is 20.1. The quantitative estimate of drug-likeness (QED) is 0.612. The topological polar surface area (TPSA) is 50.8 Å². The third-order valence-electron chi connectivity index (χ3n) is 5.53. The van der Waals surface area contributed by atoms with E-state index in [1.165, 1.54) is 25.8 Å². The summed E-state index contributed by atoms with van der Waals surface area (Å²) in [4.78, 5) is 15.0. The SMILES string of the molecule is CCO[C@@](C)(CC)C(=O)Nc1ccc(OCCCN2CCCC[C@@H]2C)cc1. The number of hydrogen-bond acceptors (Lipinski definition) is 4. The van der Waals surface area contributed by atoms with Gasteiger partial charge in [-0.25, -0.2) is 0 Å². The van der Waals surface area contributed by atoms with Gasteiger partial charge >= 0.3 is 0 Å². The lowest BCUT2D eigenvalue weighted by Crippen LogP contribution is -2.42. The summed E-state index contributed by atoms with van der Waals surface area (Å²) < 4.78 is 11.5. The van der Waals surface area contributed by atoms with Gasteiger partial charge in [0, 0.05) is 24.9 Å². The third-order valence-corrected chi connectivity index (χ3v) is 5.53. The highest BCUT2D eigenvalue weighted by Crippen LogP contribution is 2.21. The van der Waals surface area contributed by atoms with Crippen molar-refractivity contribution in [1.82, 2.24) is 4.90 Å². The van der Waals surface area contributed by atoms with Gasteiger partial charge in [0.2, 0.25) is 0 Å². The molecule has 1 aliphatic rings. The summed E-state index contributed by atoms with van der Waals surface area (Å²) in [6, 6.07) is 8.27. The molecule has 0 unspecified atom stereocenters. The number of nitrogens with zero attached hydrogens (tertiary/aromatic N) is 1. The number of benzene rings is 1. The number of anilines is 1. The van der Waals surface area contributed by atoms with Gasteiger partial charge in [0.15, 0.2) is 0 Å². The van der Waals surface area contributed by atoms with E-state index < -0.39 is 5.60 Å². The van der Waals surface area contributed by atoms with Crippen molar-refractivity contribution >= 4 is 11.6 Å². The van der Waals surface area contributed by atoms with Gasteiger partial charge in [-0.2, -0.15) is 0 Å². The van der Waals surface area contributed by atoms with Crippen molar-refractivity contribution in [1.29, 1.82) is 0 Å². The zero-order valence-corrected chi connectivity index (χ0v) is 17.4. The number of piperidine rings is 1. The zero-order valence-electron chi connectivity index (χ0n) is 17.4. The second-order valence-electron chi connectivity index (χ2n) is 7.58. The van der Waals surface area contributed by atoms with E-state index in [1.807, 2.05) is 45.0 Å². The summed E-state index contributed by atoms with van der Waals surface area (Å²) in [7, 11) is 0. The van der Waals surface area contributed by atoms with Crippen LogP contribution in [0.15, 0.2) is 24.3 Å². The van der Waals surface area contributed by atoms with Crippen LogP contribution in [0.1, 0.15) is 59.8 Å². The first kappa shape index (κ1) is 21.7. The summed E-state index contributed by atoms with van der Waals surface area (Å²) in [5.74, 6) is 0.721. The Kier molecular flexibility index (Phi) is 8.58. The molecule has 1 saturated heterocycles. The lowest BCUT2D eigenvalue weighted by molar-refractivity contribution is -0.139. The first-order valence-electron chi connectivity index (χ1n) is 10.4. The molecule has 0 radical (unpaired) electrons. The maximum absolute atomic E-state index is 12.5. The highest BCUT2D eigenvalue weighted by atomic mass is 16.5. The Labute approximate surface area is 164 Å². The van der Waals surface area contributed by atoms with Gasteiger partial charge in [0.25, 0.3) is 5.91 Å². The van der Waals surface area contributed by atoms with Crippen molar-refractivity contribution in [3.05, 3.63) is 24.3 Å². The maximum Gasteiger partial charge on any atom is 0.256 e. The highest BCUT2D eigenvalue weighted by molar-refractivity contribution is 5.97. The Morgan fingerprint density at radius 2 is 2.00 bits per heavy atom. The number of carbonyl (C=O) groups excluding carboxylic acids is 1. The van der Waals surface area contributed by atoms with Crippen LogP contribution in [0.5, 0.6) is 5.75 Å². The van der Waals surface area contributed by atoms with Crippen molar-refractivity contribution in [2.24, 2.45) is 0 Å². The predicted octanol–water partition coefficient (Wildman–Crippen LogP) is 4.47. The smallest absolute Gasteiger partial charge is 0.256 e. The molecule has 27 heavy (non-hydrogen) atoms. The molecule has 0 bridgehead atoms. The second kappa shape index (κ2) is 10.7. The number of amides is 1. The van der Waals surface area contributed by atoms with Crippen LogP contribution in [0.4, 0.5) is 5.69 Å². The Morgan fingerprint density at radius 3 is 2.63 bits per heavy atom. The van der Waals surface area contributed by atoms with Gasteiger partial charge in [0.05, 0.1) is 6.61 Å². The number of hydrogen-bond donors (Lipinski definition) is 1. The molecule has 0 saturated carbocycles. The van der Waals surface area contributed by atoms with E-state index in [0.29, 0.717) is 25.7 Å². The molecule has 0 spiro atoms. The van der Waals surface area contributed by atoms with E-state index in [9.17, 15) is 4.79 Å². The zero-order chi connectivity index (χ0) is 19.7. The molecule has 5 heteroatoms. The standard InChI is InChI=1S/C22H36N2O3/c1-5-22(4,27-6-2)21(25)23-19-11-13-20(14-12-19)26-17-9-16-24-15-8-7-10-18(24)3/h11-14,18H,5-10,15-17H2,1-4H3,(H,23,25)/t18-,22-/m0/s1. The maximum atomic E-state index is 12.5. The summed E-state index contributed by atoms with van der Waals surface area (Å²) >= 11 is 0. The molecule has 0 aromatic heterocycles. The summed E-state index contributed by atoms with van der Waals surface area (Å²) in [5.41, 5.74) is -0.0379. The minimum atomic E-state index is -0.796. The fourth-order valence-corrected chi connectivity index (χ4v) is 3.49. The number of rotatable bonds is 10. The van der Waals surface area contributed by atoms with E-state index in [2.05, 4.69) is 17.1 Å². The number of carbonyl (C=O) groups is 1. The molecule has 1 N–H and O–H groups in total. The van der Waals surface area contributed by atoms with Crippen molar-refractivity contribution in [3.63, 3.8) is 0 Å². The second-order valence-corrected chi connectivity index (χ2v) is 7.58. The van der Waals surface area contributed by atoms with Crippen molar-refractivity contribution in [3.8, 4) is 5.75 Å². The number of ether oxygens (including phenoxy) is 2. The largest absolute Gasteiger partial charge is 0.494 e. The summed E-state index contributed by atoms with van der Waals surface area (Å²) in [6.45, 7) is 11.6. The molecule has 1 fully saturated rings. The van der Waals surface area contributed by atoms with Crippen LogP contribution in [0.2, 0.25) is 0 Å². The van der Waals surface area contributed by atoms with Gasteiger partial charge in [-0.15, -0.1) is 0 Å². The van der Waals surface area contributed by atoms with Gasteiger partial charge in [0.1, 0.15) is 11.4 Å². The molecule has 2 atom stereocenters. The van der Waals surface area contributed by atoms with E-state index in [0.717, 1.165) is 24.4 Å². The number of likely N-dealkylation sites (tertiary alicyclic amines) is 1. The lowest BCUT2D eigenvalue weighted by atomic mass is 10.0. The Hall–Kier alpha value is -1.59. The Morgan fingerprint density at radius 1 is 1.26 bits per heavy atom. The molecule has 152 valence electrons. The first-order valence-corrected chi connectivity index (χ1v) is 10.4. The van der Waals surface area contributed by atoms with Gasteiger partial charge in [-0.1, -0.05) is 13.3 Å². The van der Waals surface area contributed by atoms with E-state index >= 15 is 0 Å². The van der Waals surface area contributed by atoms with Gasteiger partial charge < -0.3 is 19.7 Å². The Balaban J connectivity index is 1.75. The molecule has 1 amide bonds. The fourth-order valence-electron chi connectivity index (χ4n) is 3.49. The molecule has 1 heterocycles. The number of nitrogens with one attached hydrogen (secondary N) is 1. The van der Waals surface area contributed by atoms with Crippen LogP contribution in [0.25, 0.3) is 0 Å². The summed E-state index contributed by atoms with van der Waals surface area (Å²) in [6.07, 6.45) is 5.65. The van der Waals surface area contributed by atoms with Crippen LogP contribution in [-0.4, -0.2) is 48.8 Å². The third kappa shape index (κ3) is 6.51. The lowest BCUT2D eigenvalue weighted by Gasteiger charge is -2.33. The fraction of sp³-hybridized carbons (Fsp3) is 0.682. The van der Waals surface area contributed by atoms with Crippen LogP contribution < -0.4 is 10.1 Å². The van der Waals surface area contributed by atoms with E-state index in [1.54, 1.807) is 0 Å². The molecule has 2 rings (SSSR count). The molecular formula is C22H36N2O3. The van der Waals surface area contributed by atoms with E-state index in [-0.39, 0.29) is 5.91 Å². The van der Waals surface area contributed by atoms with Crippen LogP contribution in [-0.2, 0) is 9.53 Å². The van der Waals surface area contributed by atoms with Crippen LogP contribution in [0, 0.1) is 0 Å².